The van der Waals surface area contributed by atoms with Gasteiger partial charge in [0, 0.05) is 35.4 Å². The van der Waals surface area contributed by atoms with Crippen molar-refractivity contribution in [3.8, 4) is 11.5 Å². The first-order valence-corrected chi connectivity index (χ1v) is 10.5. The minimum atomic E-state index is -0.516. The molecule has 0 radical (unpaired) electrons. The number of nitrogens with zero attached hydrogens (tertiary/aromatic N) is 2. The molecule has 2 aromatic carbocycles. The number of hydrogen-bond donors (Lipinski definition) is 2. The molecular weight excluding hydrogens is 396 g/mol. The number of amides is 1. The van der Waals surface area contributed by atoms with Gasteiger partial charge in [-0.25, -0.2) is 4.98 Å². The molecule has 1 aromatic heterocycles. The Hall–Kier alpha value is -2.93. The Morgan fingerprint density at radius 1 is 1.10 bits per heavy atom. The molecule has 0 aliphatic heterocycles. The maximum Gasteiger partial charge on any atom is 0.231 e. The number of nitrogens with one attached hydrogen (secondary N) is 2. The Labute approximate surface area is 182 Å². The van der Waals surface area contributed by atoms with Gasteiger partial charge < -0.3 is 20.0 Å². The summed E-state index contributed by atoms with van der Waals surface area (Å²) in [5.41, 5.74) is 3.72. The van der Waals surface area contributed by atoms with Gasteiger partial charge >= 0.3 is 0 Å². The topological polar surface area (TPSA) is 70.4 Å². The first-order valence-electron chi connectivity index (χ1n) is 10.1. The van der Waals surface area contributed by atoms with Crippen LogP contribution >= 0.6 is 12.2 Å². The highest BCUT2D eigenvalue weighted by atomic mass is 32.1. The highest BCUT2D eigenvalue weighted by molar-refractivity contribution is 7.80. The second-order valence-electron chi connectivity index (χ2n) is 8.08. The molecule has 0 saturated carbocycles. The Morgan fingerprint density at radius 2 is 1.77 bits per heavy atom. The largest absolute Gasteiger partial charge is 0.436 e. The van der Waals surface area contributed by atoms with Gasteiger partial charge in [0.25, 0.3) is 0 Å². The summed E-state index contributed by atoms with van der Waals surface area (Å²) < 4.78 is 5.92. The van der Waals surface area contributed by atoms with E-state index in [1.54, 1.807) is 0 Å². The third-order valence-corrected chi connectivity index (χ3v) is 5.00. The van der Waals surface area contributed by atoms with Crippen LogP contribution in [0.15, 0.2) is 46.9 Å². The van der Waals surface area contributed by atoms with E-state index in [9.17, 15) is 4.79 Å². The Balaban J connectivity index is 1.76. The van der Waals surface area contributed by atoms with Gasteiger partial charge in [-0.3, -0.25) is 4.79 Å². The molecule has 6 nitrogen and oxygen atoms in total. The molecule has 0 aliphatic rings. The van der Waals surface area contributed by atoms with Crippen molar-refractivity contribution >= 4 is 45.7 Å². The van der Waals surface area contributed by atoms with Crippen LogP contribution in [0.2, 0.25) is 0 Å². The van der Waals surface area contributed by atoms with Crippen molar-refractivity contribution in [1.82, 2.24) is 10.3 Å². The van der Waals surface area contributed by atoms with Crippen molar-refractivity contribution in [2.24, 2.45) is 5.41 Å². The number of oxazole rings is 1. The van der Waals surface area contributed by atoms with Crippen molar-refractivity contribution in [2.45, 2.75) is 34.6 Å². The number of hydrogen-bond acceptors (Lipinski definition) is 5. The van der Waals surface area contributed by atoms with Gasteiger partial charge in [0.1, 0.15) is 5.52 Å². The first-order chi connectivity index (χ1) is 14.2. The lowest BCUT2D eigenvalue weighted by atomic mass is 9.96. The minimum absolute atomic E-state index is 0.141. The van der Waals surface area contributed by atoms with Crippen molar-refractivity contribution < 1.29 is 9.21 Å². The van der Waals surface area contributed by atoms with E-state index in [-0.39, 0.29) is 11.0 Å². The van der Waals surface area contributed by atoms with Gasteiger partial charge in [-0.2, -0.15) is 0 Å². The lowest BCUT2D eigenvalue weighted by Gasteiger charge is -2.20. The molecule has 0 unspecified atom stereocenters. The van der Waals surface area contributed by atoms with E-state index in [1.807, 2.05) is 51.1 Å². The number of rotatable bonds is 5. The summed E-state index contributed by atoms with van der Waals surface area (Å²) in [7, 11) is 0. The normalized spacial score (nSPS) is 11.4. The van der Waals surface area contributed by atoms with Crippen LogP contribution in [-0.2, 0) is 4.79 Å². The van der Waals surface area contributed by atoms with Crippen LogP contribution in [-0.4, -0.2) is 29.1 Å². The third kappa shape index (κ3) is 4.97. The Morgan fingerprint density at radius 3 is 2.37 bits per heavy atom. The van der Waals surface area contributed by atoms with E-state index in [4.69, 9.17) is 16.6 Å². The SMILES string of the molecule is CCN(CC)c1ccc(-c2nc3cc(NC(=S)NC(=O)C(C)(C)C)ccc3o2)cc1. The number of aromatic nitrogens is 1. The molecule has 1 amide bonds. The quantitative estimate of drug-likeness (QED) is 0.549. The van der Waals surface area contributed by atoms with Crippen LogP contribution in [0.25, 0.3) is 22.6 Å². The summed E-state index contributed by atoms with van der Waals surface area (Å²) in [6.07, 6.45) is 0. The standard InChI is InChI=1S/C23H28N4O2S/c1-6-27(7-2)17-11-8-15(9-12-17)20-25-18-14-16(10-13-19(18)29-20)24-22(30)26-21(28)23(3,4)5/h8-14H,6-7H2,1-5H3,(H2,24,26,28,30). The monoisotopic (exact) mass is 424 g/mol. The molecule has 2 N–H and O–H groups in total. The number of carbonyl (C=O) groups excluding carboxylic acids is 1. The molecule has 0 fully saturated rings. The molecule has 0 atom stereocenters. The zero-order valence-electron chi connectivity index (χ0n) is 18.1. The van der Waals surface area contributed by atoms with Crippen molar-refractivity contribution in [3.05, 3.63) is 42.5 Å². The number of fused-ring (bicyclic) bond motifs is 1. The van der Waals surface area contributed by atoms with Crippen LogP contribution in [0.5, 0.6) is 0 Å². The lowest BCUT2D eigenvalue weighted by Crippen LogP contribution is -2.41. The predicted octanol–water partition coefficient (Wildman–Crippen LogP) is 5.20. The number of benzene rings is 2. The van der Waals surface area contributed by atoms with Crippen LogP contribution in [0, 0.1) is 5.41 Å². The fourth-order valence-electron chi connectivity index (χ4n) is 2.99. The van der Waals surface area contributed by atoms with Crippen LogP contribution in [0.1, 0.15) is 34.6 Å². The first kappa shape index (κ1) is 21.8. The fraction of sp³-hybridized carbons (Fsp3) is 0.348. The van der Waals surface area contributed by atoms with Gasteiger partial charge in [0.2, 0.25) is 11.8 Å². The van der Waals surface area contributed by atoms with E-state index in [0.29, 0.717) is 17.0 Å². The molecular formula is C23H28N4O2S. The van der Waals surface area contributed by atoms with Gasteiger partial charge in [-0.05, 0) is 68.5 Å². The zero-order valence-corrected chi connectivity index (χ0v) is 18.9. The zero-order chi connectivity index (χ0) is 21.9. The molecule has 158 valence electrons. The van der Waals surface area contributed by atoms with Gasteiger partial charge in [0.05, 0.1) is 0 Å². The van der Waals surface area contributed by atoms with E-state index >= 15 is 0 Å². The van der Waals surface area contributed by atoms with Gasteiger partial charge in [-0.1, -0.05) is 20.8 Å². The van der Waals surface area contributed by atoms with E-state index < -0.39 is 5.41 Å². The lowest BCUT2D eigenvalue weighted by molar-refractivity contribution is -0.126. The van der Waals surface area contributed by atoms with E-state index in [0.717, 1.165) is 24.3 Å². The minimum Gasteiger partial charge on any atom is -0.436 e. The highest BCUT2D eigenvalue weighted by Gasteiger charge is 2.22. The van der Waals surface area contributed by atoms with Crippen molar-refractivity contribution in [1.29, 1.82) is 0 Å². The van der Waals surface area contributed by atoms with Crippen LogP contribution in [0.4, 0.5) is 11.4 Å². The van der Waals surface area contributed by atoms with Crippen molar-refractivity contribution in [3.63, 3.8) is 0 Å². The smallest absolute Gasteiger partial charge is 0.231 e. The molecule has 0 bridgehead atoms. The molecule has 1 heterocycles. The third-order valence-electron chi connectivity index (χ3n) is 4.80. The fourth-order valence-corrected chi connectivity index (χ4v) is 3.20. The molecule has 30 heavy (non-hydrogen) atoms. The summed E-state index contributed by atoms with van der Waals surface area (Å²) in [5, 5.41) is 5.99. The van der Waals surface area contributed by atoms with Crippen LogP contribution in [0.3, 0.4) is 0 Å². The average Bonchev–Trinajstić information content (AvgIpc) is 3.12. The number of carbonyl (C=O) groups is 1. The molecule has 3 aromatic rings. The molecule has 0 spiro atoms. The molecule has 3 rings (SSSR count). The van der Waals surface area contributed by atoms with Crippen LogP contribution < -0.4 is 15.5 Å². The summed E-state index contributed by atoms with van der Waals surface area (Å²) in [5.74, 6) is 0.426. The second kappa shape index (κ2) is 8.83. The highest BCUT2D eigenvalue weighted by Crippen LogP contribution is 2.28. The number of thiocarbonyl (C=S) groups is 1. The average molecular weight is 425 g/mol. The summed E-state index contributed by atoms with van der Waals surface area (Å²) in [4.78, 5) is 19.0. The van der Waals surface area contributed by atoms with Gasteiger partial charge in [0.15, 0.2) is 10.7 Å². The summed E-state index contributed by atoms with van der Waals surface area (Å²) in [6, 6.07) is 13.7. The Kier molecular flexibility index (Phi) is 6.41. The van der Waals surface area contributed by atoms with Gasteiger partial charge in [-0.15, -0.1) is 0 Å². The molecule has 0 saturated heterocycles. The van der Waals surface area contributed by atoms with E-state index in [2.05, 4.69) is 46.5 Å². The second-order valence-corrected chi connectivity index (χ2v) is 8.49. The number of anilines is 2. The Bertz CT molecular complexity index is 1050. The summed E-state index contributed by atoms with van der Waals surface area (Å²) in [6.45, 7) is 11.7. The maximum atomic E-state index is 12.1. The predicted molar refractivity (Wildman–Crippen MR) is 127 cm³/mol. The maximum absolute atomic E-state index is 12.1. The molecule has 7 heteroatoms. The summed E-state index contributed by atoms with van der Waals surface area (Å²) >= 11 is 5.25. The van der Waals surface area contributed by atoms with E-state index in [1.165, 1.54) is 5.69 Å². The van der Waals surface area contributed by atoms with Crippen molar-refractivity contribution in [2.75, 3.05) is 23.3 Å². The molecule has 0 aliphatic carbocycles.